The summed E-state index contributed by atoms with van der Waals surface area (Å²) in [6, 6.07) is 0. The molecule has 0 aromatic carbocycles. The van der Waals surface area contributed by atoms with Gasteiger partial charge in [0.2, 0.25) is 0 Å². The third-order valence-corrected chi connectivity index (χ3v) is 2.19. The summed E-state index contributed by atoms with van der Waals surface area (Å²) in [5.41, 5.74) is 0. The third-order valence-electron chi connectivity index (χ3n) is 2.19. The first kappa shape index (κ1) is 16.4. The van der Waals surface area contributed by atoms with Gasteiger partial charge in [-0.25, -0.2) is 0 Å². The van der Waals surface area contributed by atoms with Gasteiger partial charge in [-0.1, -0.05) is 5.92 Å². The van der Waals surface area contributed by atoms with Gasteiger partial charge in [0, 0.05) is 32.9 Å². The molecule has 0 bridgehead atoms. The molecule has 0 heterocycles. The van der Waals surface area contributed by atoms with Crippen molar-refractivity contribution in [2.24, 2.45) is 0 Å². The lowest BCUT2D eigenvalue weighted by molar-refractivity contribution is 0.0723. The monoisotopic (exact) mass is 243 g/mol. The fraction of sp³-hybridized carbons (Fsp3) is 0.846. The van der Waals surface area contributed by atoms with Gasteiger partial charge in [0.1, 0.15) is 6.10 Å². The van der Waals surface area contributed by atoms with Crippen LogP contribution in [0.15, 0.2) is 0 Å². The van der Waals surface area contributed by atoms with Crippen molar-refractivity contribution >= 4 is 0 Å². The van der Waals surface area contributed by atoms with Crippen molar-refractivity contribution in [3.05, 3.63) is 0 Å². The van der Waals surface area contributed by atoms with Crippen LogP contribution in [0.5, 0.6) is 0 Å². The fourth-order valence-corrected chi connectivity index (χ4v) is 1.33. The van der Waals surface area contributed by atoms with Crippen molar-refractivity contribution in [3.8, 4) is 11.8 Å². The van der Waals surface area contributed by atoms with Gasteiger partial charge >= 0.3 is 0 Å². The van der Waals surface area contributed by atoms with E-state index in [9.17, 15) is 5.11 Å². The van der Waals surface area contributed by atoms with Crippen molar-refractivity contribution in [3.63, 3.8) is 0 Å². The number of hydrogen-bond acceptors (Lipinski definition) is 4. The van der Waals surface area contributed by atoms with Crippen LogP contribution in [-0.4, -0.2) is 62.7 Å². The molecule has 0 aliphatic heterocycles. The molecule has 0 amide bonds. The predicted octanol–water partition coefficient (Wildman–Crippen LogP) is 0.746. The Morgan fingerprint density at radius 1 is 1.24 bits per heavy atom. The number of aliphatic hydroxyl groups excluding tert-OH is 1. The number of hydrogen-bond donors (Lipinski definition) is 1. The van der Waals surface area contributed by atoms with Crippen molar-refractivity contribution in [2.45, 2.75) is 26.4 Å². The topological polar surface area (TPSA) is 41.9 Å². The molecule has 0 saturated heterocycles. The lowest BCUT2D eigenvalue weighted by Crippen LogP contribution is -2.31. The Bertz CT molecular complexity index is 222. The van der Waals surface area contributed by atoms with E-state index in [0.29, 0.717) is 13.2 Å². The van der Waals surface area contributed by atoms with Crippen LogP contribution in [0, 0.1) is 11.8 Å². The summed E-state index contributed by atoms with van der Waals surface area (Å²) in [4.78, 5) is 2.01. The Kier molecular flexibility index (Phi) is 11.5. The zero-order valence-corrected chi connectivity index (χ0v) is 11.2. The Balaban J connectivity index is 3.32. The molecule has 0 saturated carbocycles. The summed E-state index contributed by atoms with van der Waals surface area (Å²) in [5.74, 6) is 5.40. The van der Waals surface area contributed by atoms with Gasteiger partial charge in [-0.05, 0) is 27.3 Å². The fourth-order valence-electron chi connectivity index (χ4n) is 1.33. The van der Waals surface area contributed by atoms with E-state index in [0.717, 1.165) is 32.8 Å². The maximum absolute atomic E-state index is 9.45. The molecule has 0 aromatic rings. The van der Waals surface area contributed by atoms with Crippen LogP contribution in [0.1, 0.15) is 20.3 Å². The molecule has 17 heavy (non-hydrogen) atoms. The van der Waals surface area contributed by atoms with Crippen molar-refractivity contribution < 1.29 is 14.6 Å². The molecule has 4 nitrogen and oxygen atoms in total. The highest BCUT2D eigenvalue weighted by atomic mass is 16.5. The van der Waals surface area contributed by atoms with Crippen molar-refractivity contribution in [2.75, 3.05) is 46.6 Å². The van der Waals surface area contributed by atoms with Crippen LogP contribution in [0.3, 0.4) is 0 Å². The number of aliphatic hydroxyl groups is 1. The Hall–Kier alpha value is -0.600. The van der Waals surface area contributed by atoms with E-state index in [1.54, 1.807) is 6.92 Å². The summed E-state index contributed by atoms with van der Waals surface area (Å²) in [5, 5.41) is 9.45. The minimum Gasteiger partial charge on any atom is -0.382 e. The van der Waals surface area contributed by atoms with E-state index >= 15 is 0 Å². The van der Waals surface area contributed by atoms with Crippen LogP contribution in [0.25, 0.3) is 0 Å². The van der Waals surface area contributed by atoms with Gasteiger partial charge in [-0.3, -0.25) is 0 Å². The zero-order valence-electron chi connectivity index (χ0n) is 11.2. The maximum Gasteiger partial charge on any atom is 0.127 e. The molecule has 1 N–H and O–H groups in total. The van der Waals surface area contributed by atoms with E-state index in [-0.39, 0.29) is 0 Å². The van der Waals surface area contributed by atoms with Crippen molar-refractivity contribution in [1.29, 1.82) is 0 Å². The molecular weight excluding hydrogens is 218 g/mol. The van der Waals surface area contributed by atoms with Gasteiger partial charge in [0.15, 0.2) is 0 Å². The van der Waals surface area contributed by atoms with Crippen LogP contribution < -0.4 is 0 Å². The van der Waals surface area contributed by atoms with Gasteiger partial charge in [0.05, 0.1) is 6.61 Å². The second-order valence-corrected chi connectivity index (χ2v) is 3.84. The second kappa shape index (κ2) is 11.9. The normalized spacial score (nSPS) is 12.3. The lowest BCUT2D eigenvalue weighted by Gasteiger charge is -2.17. The zero-order chi connectivity index (χ0) is 12.9. The maximum atomic E-state index is 9.45. The third kappa shape index (κ3) is 11.7. The standard InChI is InChI=1S/C13H25NO3/c1-4-7-13(15)12-14(3)8-11-17-10-6-9-16-5-2/h13,15H,5-6,8-12H2,1-3H3. The Labute approximate surface area is 105 Å². The first-order chi connectivity index (χ1) is 8.20. The largest absolute Gasteiger partial charge is 0.382 e. The first-order valence-electron chi connectivity index (χ1n) is 6.15. The molecule has 0 aliphatic rings. The van der Waals surface area contributed by atoms with E-state index in [1.165, 1.54) is 0 Å². The average Bonchev–Trinajstić information content (AvgIpc) is 2.28. The molecule has 100 valence electrons. The lowest BCUT2D eigenvalue weighted by atomic mass is 10.3. The van der Waals surface area contributed by atoms with Crippen LogP contribution in [0.4, 0.5) is 0 Å². The quantitative estimate of drug-likeness (QED) is 0.454. The number of ether oxygens (including phenoxy) is 2. The van der Waals surface area contributed by atoms with Gasteiger partial charge in [-0.2, -0.15) is 0 Å². The summed E-state index contributed by atoms with van der Waals surface area (Å²) in [6.07, 6.45) is 0.365. The van der Waals surface area contributed by atoms with Gasteiger partial charge in [0.25, 0.3) is 0 Å². The minimum absolute atomic E-state index is 0.559. The predicted molar refractivity (Wildman–Crippen MR) is 68.9 cm³/mol. The highest BCUT2D eigenvalue weighted by molar-refractivity contribution is 5.02. The van der Waals surface area contributed by atoms with Gasteiger partial charge in [-0.15, -0.1) is 5.92 Å². The van der Waals surface area contributed by atoms with Crippen molar-refractivity contribution in [1.82, 2.24) is 4.90 Å². The summed E-state index contributed by atoms with van der Waals surface area (Å²) in [7, 11) is 1.95. The summed E-state index contributed by atoms with van der Waals surface area (Å²) < 4.78 is 10.7. The molecule has 0 fully saturated rings. The first-order valence-corrected chi connectivity index (χ1v) is 6.15. The Morgan fingerprint density at radius 2 is 1.94 bits per heavy atom. The molecule has 0 rings (SSSR count). The second-order valence-electron chi connectivity index (χ2n) is 3.84. The number of nitrogens with zero attached hydrogens (tertiary/aromatic N) is 1. The van der Waals surface area contributed by atoms with E-state index < -0.39 is 6.10 Å². The van der Waals surface area contributed by atoms with Gasteiger partial charge < -0.3 is 19.5 Å². The highest BCUT2D eigenvalue weighted by Gasteiger charge is 2.04. The van der Waals surface area contributed by atoms with Crippen LogP contribution >= 0.6 is 0 Å². The highest BCUT2D eigenvalue weighted by Crippen LogP contribution is 1.90. The minimum atomic E-state index is -0.567. The molecule has 0 aliphatic carbocycles. The SMILES string of the molecule is CC#CC(O)CN(C)CCOCCCOCC. The van der Waals surface area contributed by atoms with E-state index in [1.807, 2.05) is 18.9 Å². The van der Waals surface area contributed by atoms with Crippen LogP contribution in [-0.2, 0) is 9.47 Å². The molecule has 0 radical (unpaired) electrons. The average molecular weight is 243 g/mol. The molecule has 0 spiro atoms. The molecule has 0 aromatic heterocycles. The smallest absolute Gasteiger partial charge is 0.127 e. The number of rotatable bonds is 10. The molecule has 1 unspecified atom stereocenters. The van der Waals surface area contributed by atoms with E-state index in [2.05, 4.69) is 11.8 Å². The summed E-state index contributed by atoms with van der Waals surface area (Å²) in [6.45, 7) is 8.00. The molecule has 1 atom stereocenters. The molecular formula is C13H25NO3. The Morgan fingerprint density at radius 3 is 2.59 bits per heavy atom. The number of likely N-dealkylation sites (N-methyl/N-ethyl adjacent to an activating group) is 1. The van der Waals surface area contributed by atoms with Crippen LogP contribution in [0.2, 0.25) is 0 Å². The molecule has 4 heteroatoms. The summed E-state index contributed by atoms with van der Waals surface area (Å²) >= 11 is 0. The van der Waals surface area contributed by atoms with E-state index in [4.69, 9.17) is 9.47 Å².